The predicted octanol–water partition coefficient (Wildman–Crippen LogP) is 5.39. The van der Waals surface area contributed by atoms with E-state index in [-0.39, 0.29) is 22.9 Å². The molecule has 4 nitrogen and oxygen atoms in total. The highest BCUT2D eigenvalue weighted by Gasteiger charge is 2.57. The molecule has 3 fully saturated rings. The Morgan fingerprint density at radius 3 is 2.48 bits per heavy atom. The van der Waals surface area contributed by atoms with E-state index < -0.39 is 9.15 Å². The molecule has 0 heterocycles. The molecule has 156 valence electrons. The Kier molecular flexibility index (Phi) is 6.69. The summed E-state index contributed by atoms with van der Waals surface area (Å²) in [5, 5.41) is 0. The molecule has 7 unspecified atom stereocenters. The van der Waals surface area contributed by atoms with Crippen LogP contribution in [0.15, 0.2) is 0 Å². The Labute approximate surface area is 168 Å². The molecule has 3 saturated carbocycles. The van der Waals surface area contributed by atoms with Gasteiger partial charge in [0.15, 0.2) is 0 Å². The van der Waals surface area contributed by atoms with Gasteiger partial charge in [-0.2, -0.15) is 8.42 Å². The zero-order valence-electron chi connectivity index (χ0n) is 17.0. The van der Waals surface area contributed by atoms with Crippen LogP contribution in [0.5, 0.6) is 0 Å². The maximum Gasteiger partial charge on any atom is 0.320 e. The maximum absolute atomic E-state index is 12.8. The van der Waals surface area contributed by atoms with Gasteiger partial charge in [0.25, 0.3) is 0 Å². The van der Waals surface area contributed by atoms with Crippen LogP contribution in [-0.4, -0.2) is 24.5 Å². The molecular weight excluding hydrogens is 380 g/mol. The summed E-state index contributed by atoms with van der Waals surface area (Å²) in [6.07, 6.45) is 10.9. The van der Waals surface area contributed by atoms with Crippen LogP contribution >= 0.6 is 10.8 Å². The molecule has 1 N–H and O–H groups in total. The number of ketones is 1. The summed E-state index contributed by atoms with van der Waals surface area (Å²) in [7, 11) is -3.77. The van der Waals surface area contributed by atoms with Gasteiger partial charge in [0.05, 0.1) is 5.75 Å². The lowest BCUT2D eigenvalue weighted by Gasteiger charge is -2.54. The fraction of sp³-hybridized carbons (Fsp3) is 0.952. The molecule has 0 aromatic rings. The topological polar surface area (TPSA) is 71.4 Å². The summed E-state index contributed by atoms with van der Waals surface area (Å²) in [6, 6.07) is 0. The van der Waals surface area contributed by atoms with Gasteiger partial charge in [-0.15, -0.1) is 0 Å². The molecule has 0 bridgehead atoms. The Bertz CT molecular complexity index is 647. The van der Waals surface area contributed by atoms with Crippen LogP contribution in [0.3, 0.4) is 0 Å². The van der Waals surface area contributed by atoms with Crippen LogP contribution in [-0.2, 0) is 13.9 Å². The standard InChI is InChI=1S/C21H36O4S2/c1-4-6-15-14(5-2)7-8-17-16(15)11-12-21(3)18(17)9-10-19(21)20(22)13-26-27(23,24)25/h14-19H,4-13H2,1-3H3,(H,23,24,25). The van der Waals surface area contributed by atoms with Crippen molar-refractivity contribution >= 4 is 25.7 Å². The molecule has 0 aromatic heterocycles. The predicted molar refractivity (Wildman–Crippen MR) is 111 cm³/mol. The molecule has 3 rings (SSSR count). The van der Waals surface area contributed by atoms with E-state index in [0.29, 0.717) is 16.7 Å². The summed E-state index contributed by atoms with van der Waals surface area (Å²) >= 11 is 0. The maximum atomic E-state index is 12.8. The Balaban J connectivity index is 1.74. The first kappa shape index (κ1) is 21.6. The van der Waals surface area contributed by atoms with E-state index in [0.717, 1.165) is 42.9 Å². The monoisotopic (exact) mass is 416 g/mol. The van der Waals surface area contributed by atoms with E-state index in [1.807, 2.05) is 0 Å². The zero-order valence-corrected chi connectivity index (χ0v) is 18.7. The summed E-state index contributed by atoms with van der Waals surface area (Å²) in [5.41, 5.74) is 0.0217. The van der Waals surface area contributed by atoms with Crippen molar-refractivity contribution in [1.29, 1.82) is 0 Å². The summed E-state index contributed by atoms with van der Waals surface area (Å²) < 4.78 is 31.0. The highest BCUT2D eigenvalue weighted by Crippen LogP contribution is 2.63. The lowest BCUT2D eigenvalue weighted by atomic mass is 9.50. The van der Waals surface area contributed by atoms with E-state index in [1.165, 1.54) is 38.5 Å². The van der Waals surface area contributed by atoms with Crippen molar-refractivity contribution in [2.24, 2.45) is 40.9 Å². The average Bonchev–Trinajstić information content (AvgIpc) is 2.97. The van der Waals surface area contributed by atoms with Crippen molar-refractivity contribution in [3.05, 3.63) is 0 Å². The molecule has 7 atom stereocenters. The first-order valence-corrected chi connectivity index (χ1v) is 13.8. The van der Waals surface area contributed by atoms with Crippen molar-refractivity contribution in [1.82, 2.24) is 0 Å². The summed E-state index contributed by atoms with van der Waals surface area (Å²) in [4.78, 5) is 12.8. The fourth-order valence-corrected chi connectivity index (χ4v) is 8.55. The van der Waals surface area contributed by atoms with Gasteiger partial charge in [0.2, 0.25) is 0 Å². The molecule has 27 heavy (non-hydrogen) atoms. The van der Waals surface area contributed by atoms with Crippen molar-refractivity contribution in [2.75, 3.05) is 5.75 Å². The van der Waals surface area contributed by atoms with Gasteiger partial charge in [0, 0.05) is 16.7 Å². The normalized spacial score (nSPS) is 41.8. The van der Waals surface area contributed by atoms with Gasteiger partial charge in [-0.1, -0.05) is 40.0 Å². The van der Waals surface area contributed by atoms with E-state index in [1.54, 1.807) is 0 Å². The first-order valence-electron chi connectivity index (χ1n) is 10.9. The molecule has 6 heteroatoms. The highest BCUT2D eigenvalue weighted by atomic mass is 33.1. The third-order valence-corrected chi connectivity index (χ3v) is 10.4. The molecule has 0 amide bonds. The third kappa shape index (κ3) is 4.28. The Morgan fingerprint density at radius 1 is 1.11 bits per heavy atom. The number of Topliss-reactive ketones (excluding diaryl/α,β-unsaturated/α-hetero) is 1. The van der Waals surface area contributed by atoms with Crippen molar-refractivity contribution in [3.63, 3.8) is 0 Å². The molecule has 0 aromatic carbocycles. The largest absolute Gasteiger partial charge is 0.320 e. The van der Waals surface area contributed by atoms with Gasteiger partial charge in [-0.3, -0.25) is 9.35 Å². The first-order chi connectivity index (χ1) is 12.7. The van der Waals surface area contributed by atoms with Gasteiger partial charge in [0.1, 0.15) is 5.78 Å². The van der Waals surface area contributed by atoms with Crippen molar-refractivity contribution < 1.29 is 17.8 Å². The summed E-state index contributed by atoms with van der Waals surface area (Å²) in [5.74, 6) is 3.78. The third-order valence-electron chi connectivity index (χ3n) is 8.40. The van der Waals surface area contributed by atoms with E-state index in [9.17, 15) is 13.2 Å². The minimum absolute atomic E-state index is 0.0217. The van der Waals surface area contributed by atoms with Crippen LogP contribution in [0.1, 0.15) is 78.6 Å². The molecule has 3 aliphatic rings. The quantitative estimate of drug-likeness (QED) is 0.445. The molecular formula is C21H36O4S2. The molecule has 0 spiro atoms. The van der Waals surface area contributed by atoms with Gasteiger partial charge in [-0.25, -0.2) is 0 Å². The smallest absolute Gasteiger partial charge is 0.298 e. The number of rotatable bonds is 7. The van der Waals surface area contributed by atoms with E-state index >= 15 is 0 Å². The number of carbonyl (C=O) groups is 1. The van der Waals surface area contributed by atoms with Gasteiger partial charge in [-0.05, 0) is 73.5 Å². The van der Waals surface area contributed by atoms with Crippen LogP contribution in [0.2, 0.25) is 0 Å². The molecule has 0 saturated heterocycles. The second-order valence-corrected chi connectivity index (χ2v) is 12.8. The molecule has 0 aliphatic heterocycles. The lowest BCUT2D eigenvalue weighted by molar-refractivity contribution is -0.127. The van der Waals surface area contributed by atoms with Crippen LogP contribution < -0.4 is 0 Å². The van der Waals surface area contributed by atoms with Crippen LogP contribution in [0.4, 0.5) is 0 Å². The average molecular weight is 417 g/mol. The second kappa shape index (κ2) is 8.35. The van der Waals surface area contributed by atoms with Crippen LogP contribution in [0.25, 0.3) is 0 Å². The SMILES string of the molecule is CCCC1C(CC)CCC2C1CCC1(C)C(C(=O)CSS(=O)(=O)O)CCC21. The minimum Gasteiger partial charge on any atom is -0.298 e. The van der Waals surface area contributed by atoms with Crippen LogP contribution in [0, 0.1) is 40.9 Å². The number of hydrogen-bond acceptors (Lipinski definition) is 4. The highest BCUT2D eigenvalue weighted by molar-refractivity contribution is 8.70. The zero-order chi connectivity index (χ0) is 19.8. The number of carbonyl (C=O) groups excluding carboxylic acids is 1. The Morgan fingerprint density at radius 2 is 1.85 bits per heavy atom. The number of hydrogen-bond donors (Lipinski definition) is 1. The van der Waals surface area contributed by atoms with Gasteiger partial charge < -0.3 is 0 Å². The lowest BCUT2D eigenvalue weighted by Crippen LogP contribution is -2.48. The molecule has 0 radical (unpaired) electrons. The fourth-order valence-electron chi connectivity index (χ4n) is 7.29. The van der Waals surface area contributed by atoms with Crippen molar-refractivity contribution in [3.8, 4) is 0 Å². The second-order valence-electron chi connectivity index (χ2n) is 9.46. The van der Waals surface area contributed by atoms with Gasteiger partial charge >= 0.3 is 9.15 Å². The summed E-state index contributed by atoms with van der Waals surface area (Å²) in [6.45, 7) is 6.94. The van der Waals surface area contributed by atoms with Crippen molar-refractivity contribution in [2.45, 2.75) is 78.6 Å². The van der Waals surface area contributed by atoms with E-state index in [4.69, 9.17) is 4.55 Å². The number of fused-ring (bicyclic) bond motifs is 3. The Hall–Kier alpha value is -0.0700. The minimum atomic E-state index is -4.14. The van der Waals surface area contributed by atoms with E-state index in [2.05, 4.69) is 20.8 Å². The molecule has 3 aliphatic carbocycles.